The van der Waals surface area contributed by atoms with Crippen LogP contribution in [0.4, 0.5) is 5.69 Å². The molecule has 1 aromatic carbocycles. The number of esters is 1. The molecule has 1 saturated heterocycles. The van der Waals surface area contributed by atoms with Crippen molar-refractivity contribution in [3.8, 4) is 0 Å². The van der Waals surface area contributed by atoms with Gasteiger partial charge in [-0.05, 0) is 57.1 Å². The Hall–Kier alpha value is -2.38. The van der Waals surface area contributed by atoms with E-state index in [0.717, 1.165) is 12.0 Å². The summed E-state index contributed by atoms with van der Waals surface area (Å²) in [6.45, 7) is 6.30. The van der Waals surface area contributed by atoms with Crippen LogP contribution >= 0.6 is 11.6 Å². The van der Waals surface area contributed by atoms with Crippen LogP contribution in [0, 0.1) is 30.6 Å². The number of para-hydroxylation sites is 1. The van der Waals surface area contributed by atoms with Gasteiger partial charge >= 0.3 is 5.97 Å². The van der Waals surface area contributed by atoms with Gasteiger partial charge in [0.1, 0.15) is 6.04 Å². The number of carbonyl (C=O) groups is 3. The molecular weight excluding hydrogens is 456 g/mol. The number of rotatable bonds is 10. The Kier molecular flexibility index (Phi) is 9.14. The molecule has 34 heavy (non-hydrogen) atoms. The van der Waals surface area contributed by atoms with E-state index in [1.807, 2.05) is 38.1 Å². The molecule has 2 amide bonds. The maximum atomic E-state index is 13.7. The monoisotopic (exact) mass is 490 g/mol. The Labute approximate surface area is 206 Å². The molecule has 3 rings (SSSR count). The van der Waals surface area contributed by atoms with Crippen molar-refractivity contribution in [1.82, 2.24) is 4.90 Å². The lowest BCUT2D eigenvalue weighted by Crippen LogP contribution is -2.44. The highest BCUT2D eigenvalue weighted by molar-refractivity contribution is 6.34. The number of aryl methyl sites for hydroxylation is 1. The minimum absolute atomic E-state index is 0.0841. The van der Waals surface area contributed by atoms with Crippen LogP contribution < -0.4 is 5.32 Å². The molecule has 1 heterocycles. The predicted octanol–water partition coefficient (Wildman–Crippen LogP) is 3.97. The molecule has 0 aromatic heterocycles. The van der Waals surface area contributed by atoms with Crippen molar-refractivity contribution in [3.05, 3.63) is 40.9 Å². The molecule has 186 valence electrons. The summed E-state index contributed by atoms with van der Waals surface area (Å²) in [4.78, 5) is 41.9. The Morgan fingerprint density at radius 1 is 1.18 bits per heavy atom. The summed E-state index contributed by atoms with van der Waals surface area (Å²) >= 11 is 6.34. The predicted molar refractivity (Wildman–Crippen MR) is 131 cm³/mol. The number of amides is 2. The van der Waals surface area contributed by atoms with Crippen LogP contribution in [0.5, 0.6) is 0 Å². The zero-order valence-electron chi connectivity index (χ0n) is 20.1. The molecule has 8 heteroatoms. The first-order valence-electron chi connectivity index (χ1n) is 12.2. The SMILES string of the molecule is CCOC(=O)[C@H]1[C@@H]2C(=O)N(CCCCCO)[C@H](C(=O)Nc3c(C)cccc3Cl)[C@H]2C=C[C@H]1CC. The van der Waals surface area contributed by atoms with Crippen molar-refractivity contribution >= 4 is 35.1 Å². The number of carbonyl (C=O) groups excluding carboxylic acids is 3. The first-order chi connectivity index (χ1) is 16.3. The first-order valence-corrected chi connectivity index (χ1v) is 12.6. The molecule has 1 aromatic rings. The highest BCUT2D eigenvalue weighted by atomic mass is 35.5. The summed E-state index contributed by atoms with van der Waals surface area (Å²) in [5, 5.41) is 12.5. The number of aliphatic hydroxyl groups is 1. The molecule has 1 aliphatic heterocycles. The Morgan fingerprint density at radius 3 is 2.59 bits per heavy atom. The van der Waals surface area contributed by atoms with E-state index in [2.05, 4.69) is 5.32 Å². The number of nitrogens with one attached hydrogen (secondary N) is 1. The van der Waals surface area contributed by atoms with E-state index >= 15 is 0 Å². The van der Waals surface area contributed by atoms with Gasteiger partial charge in [-0.2, -0.15) is 0 Å². The highest BCUT2D eigenvalue weighted by Crippen LogP contribution is 2.45. The molecule has 1 fully saturated rings. The molecular formula is C26H35ClN2O5. The molecule has 2 N–H and O–H groups in total. The van der Waals surface area contributed by atoms with Gasteiger partial charge in [0.15, 0.2) is 0 Å². The summed E-state index contributed by atoms with van der Waals surface area (Å²) < 4.78 is 5.35. The van der Waals surface area contributed by atoms with Crippen LogP contribution in [0.15, 0.2) is 30.4 Å². The lowest BCUT2D eigenvalue weighted by atomic mass is 9.69. The Balaban J connectivity index is 1.96. The second kappa shape index (κ2) is 11.8. The molecule has 7 nitrogen and oxygen atoms in total. The first kappa shape index (κ1) is 26.2. The molecule has 0 radical (unpaired) electrons. The number of likely N-dealkylation sites (tertiary alicyclic amines) is 1. The maximum Gasteiger partial charge on any atom is 0.310 e. The lowest BCUT2D eigenvalue weighted by Gasteiger charge is -2.33. The van der Waals surface area contributed by atoms with E-state index in [-0.39, 0.29) is 36.9 Å². The number of allylic oxidation sites excluding steroid dienone is 1. The number of nitrogens with zero attached hydrogens (tertiary/aromatic N) is 1. The van der Waals surface area contributed by atoms with Gasteiger partial charge in [-0.1, -0.05) is 42.8 Å². The van der Waals surface area contributed by atoms with Crippen molar-refractivity contribution in [3.63, 3.8) is 0 Å². The zero-order valence-corrected chi connectivity index (χ0v) is 20.9. The second-order valence-corrected chi connectivity index (χ2v) is 9.43. The third-order valence-electron chi connectivity index (χ3n) is 6.94. The van der Waals surface area contributed by atoms with Gasteiger partial charge in [-0.15, -0.1) is 0 Å². The minimum atomic E-state index is -0.756. The van der Waals surface area contributed by atoms with Gasteiger partial charge in [0.05, 0.1) is 29.2 Å². The van der Waals surface area contributed by atoms with Crippen molar-refractivity contribution in [2.24, 2.45) is 23.7 Å². The van der Waals surface area contributed by atoms with Crippen LogP contribution in [0.1, 0.15) is 45.1 Å². The summed E-state index contributed by atoms with van der Waals surface area (Å²) in [5.41, 5.74) is 1.35. The quantitative estimate of drug-likeness (QED) is 0.294. The van der Waals surface area contributed by atoms with Crippen LogP contribution in [0.2, 0.25) is 5.02 Å². The molecule has 0 bridgehead atoms. The van der Waals surface area contributed by atoms with Crippen LogP contribution in [-0.2, 0) is 19.1 Å². The summed E-state index contributed by atoms with van der Waals surface area (Å²) in [6, 6.07) is 4.63. The number of aliphatic hydroxyl groups excluding tert-OH is 1. The fourth-order valence-corrected chi connectivity index (χ4v) is 5.52. The van der Waals surface area contributed by atoms with Gasteiger partial charge in [0, 0.05) is 19.1 Å². The number of anilines is 1. The largest absolute Gasteiger partial charge is 0.466 e. The van der Waals surface area contributed by atoms with E-state index in [1.54, 1.807) is 17.9 Å². The van der Waals surface area contributed by atoms with Gasteiger partial charge < -0.3 is 20.1 Å². The third-order valence-corrected chi connectivity index (χ3v) is 7.25. The summed E-state index contributed by atoms with van der Waals surface area (Å²) in [6.07, 6.45) is 6.63. The van der Waals surface area contributed by atoms with Crippen LogP contribution in [0.25, 0.3) is 0 Å². The van der Waals surface area contributed by atoms with Crippen LogP contribution in [-0.4, -0.2) is 53.6 Å². The highest BCUT2D eigenvalue weighted by Gasteiger charge is 2.57. The smallest absolute Gasteiger partial charge is 0.310 e. The number of unbranched alkanes of at least 4 members (excludes halogenated alkanes) is 2. The number of fused-ring (bicyclic) bond motifs is 1. The normalized spacial score (nSPS) is 25.9. The standard InChI is InChI=1S/C26H35ClN2O5/c1-4-17-12-13-18-21(20(17)26(33)34-5-2)25(32)29(14-7-6-8-15-30)23(18)24(31)28-22-16(3)10-9-11-19(22)27/h9-13,17-18,20-21,23,30H,4-8,14-15H2,1-3H3,(H,28,31)/t17-,18+,20-,21-,23+/m1/s1. The number of halogens is 1. The zero-order chi connectivity index (χ0) is 24.8. The number of benzene rings is 1. The Morgan fingerprint density at radius 2 is 1.94 bits per heavy atom. The second-order valence-electron chi connectivity index (χ2n) is 9.02. The molecule has 5 atom stereocenters. The van der Waals surface area contributed by atoms with Gasteiger partial charge in [0.2, 0.25) is 11.8 Å². The fourth-order valence-electron chi connectivity index (χ4n) is 5.25. The van der Waals surface area contributed by atoms with E-state index < -0.39 is 23.8 Å². The van der Waals surface area contributed by atoms with Crippen molar-refractivity contribution in [2.45, 2.75) is 52.5 Å². The van der Waals surface area contributed by atoms with E-state index in [9.17, 15) is 14.4 Å². The van der Waals surface area contributed by atoms with E-state index in [0.29, 0.717) is 36.5 Å². The third kappa shape index (κ3) is 5.31. The molecule has 1 aliphatic carbocycles. The van der Waals surface area contributed by atoms with Gasteiger partial charge in [0.25, 0.3) is 0 Å². The topological polar surface area (TPSA) is 95.9 Å². The number of hydrogen-bond donors (Lipinski definition) is 2. The minimum Gasteiger partial charge on any atom is -0.466 e. The molecule has 0 unspecified atom stereocenters. The Bertz CT molecular complexity index is 914. The van der Waals surface area contributed by atoms with Crippen molar-refractivity contribution in [1.29, 1.82) is 0 Å². The van der Waals surface area contributed by atoms with Crippen LogP contribution in [0.3, 0.4) is 0 Å². The fraction of sp³-hybridized carbons (Fsp3) is 0.577. The number of ether oxygens (including phenoxy) is 1. The summed E-state index contributed by atoms with van der Waals surface area (Å²) in [5.74, 6) is -2.71. The molecule has 0 saturated carbocycles. The summed E-state index contributed by atoms with van der Waals surface area (Å²) in [7, 11) is 0. The number of hydrogen-bond acceptors (Lipinski definition) is 5. The van der Waals surface area contributed by atoms with E-state index in [1.165, 1.54) is 0 Å². The average Bonchev–Trinajstić information content (AvgIpc) is 3.10. The maximum absolute atomic E-state index is 13.7. The average molecular weight is 491 g/mol. The molecule has 2 aliphatic rings. The van der Waals surface area contributed by atoms with Gasteiger partial charge in [-0.25, -0.2) is 0 Å². The van der Waals surface area contributed by atoms with Crippen molar-refractivity contribution < 1.29 is 24.2 Å². The lowest BCUT2D eigenvalue weighted by molar-refractivity contribution is -0.155. The van der Waals surface area contributed by atoms with Crippen molar-refractivity contribution in [2.75, 3.05) is 25.1 Å². The van der Waals surface area contributed by atoms with Gasteiger partial charge in [-0.3, -0.25) is 14.4 Å². The molecule has 0 spiro atoms. The van der Waals surface area contributed by atoms with E-state index in [4.69, 9.17) is 21.4 Å².